The molecule has 0 aromatic carbocycles. The molecule has 0 aliphatic rings. The van der Waals surface area contributed by atoms with Crippen LogP contribution in [0.2, 0.25) is 0 Å². The Morgan fingerprint density at radius 1 is 1.64 bits per heavy atom. The second kappa shape index (κ2) is 3.02. The highest BCUT2D eigenvalue weighted by molar-refractivity contribution is 7.84. The van der Waals surface area contributed by atoms with Crippen LogP contribution in [-0.2, 0) is 10.8 Å². The van der Waals surface area contributed by atoms with Gasteiger partial charge < -0.3 is 0 Å². The molecular weight excluding hydrogens is 209 g/mol. The molecule has 5 nitrogen and oxygen atoms in total. The Hall–Kier alpha value is -1.50. The van der Waals surface area contributed by atoms with Crippen LogP contribution < -0.4 is 5.56 Å². The topological polar surface area (TPSA) is 67.2 Å². The number of nitrogens with one attached hydrogen (secondary N) is 1. The molecule has 1 atom stereocenters. The lowest BCUT2D eigenvalue weighted by atomic mass is 10.5. The molecule has 2 heterocycles. The molecule has 1 N–H and O–H groups in total. The maximum Gasteiger partial charge on any atom is 0.276 e. The van der Waals surface area contributed by atoms with E-state index < -0.39 is 22.2 Å². The molecule has 0 saturated heterocycles. The lowest BCUT2D eigenvalue weighted by Crippen LogP contribution is -2.15. The summed E-state index contributed by atoms with van der Waals surface area (Å²) in [7, 11) is -1.40. The fraction of sp³-hybridized carbons (Fsp3) is 0.143. The maximum absolute atomic E-state index is 12.7. The van der Waals surface area contributed by atoms with Crippen molar-refractivity contribution >= 4 is 16.3 Å². The highest BCUT2D eigenvalue weighted by atomic mass is 32.2. The minimum absolute atomic E-state index is 0.0260. The summed E-state index contributed by atoms with van der Waals surface area (Å²) in [6, 6.07) is 1.06. The first-order valence-electron chi connectivity index (χ1n) is 3.69. The van der Waals surface area contributed by atoms with Crippen LogP contribution in [0.5, 0.6) is 0 Å². The number of hydrogen-bond donors (Lipinski definition) is 1. The Morgan fingerprint density at radius 3 is 3.00 bits per heavy atom. The zero-order valence-electron chi connectivity index (χ0n) is 7.15. The molecule has 7 heteroatoms. The third-order valence-corrected chi connectivity index (χ3v) is 2.42. The van der Waals surface area contributed by atoms with Crippen LogP contribution in [0.15, 0.2) is 22.2 Å². The third-order valence-electron chi connectivity index (χ3n) is 1.69. The maximum atomic E-state index is 12.7. The normalized spacial score (nSPS) is 13.3. The first-order chi connectivity index (χ1) is 6.58. The molecule has 0 saturated carbocycles. The van der Waals surface area contributed by atoms with Crippen LogP contribution in [0.4, 0.5) is 4.39 Å². The summed E-state index contributed by atoms with van der Waals surface area (Å²) >= 11 is 0. The first-order valence-corrected chi connectivity index (χ1v) is 5.25. The Labute approximate surface area is 80.0 Å². The number of aromatic amines is 1. The van der Waals surface area contributed by atoms with Gasteiger partial charge in [0.25, 0.3) is 5.56 Å². The summed E-state index contributed by atoms with van der Waals surface area (Å²) in [4.78, 5) is 13.6. The largest absolute Gasteiger partial charge is 0.296 e. The van der Waals surface area contributed by atoms with E-state index in [1.165, 1.54) is 6.26 Å². The molecule has 0 aliphatic carbocycles. The van der Waals surface area contributed by atoms with E-state index in [1.54, 1.807) is 0 Å². The average molecular weight is 215 g/mol. The number of halogens is 1. The number of rotatable bonds is 1. The van der Waals surface area contributed by atoms with Gasteiger partial charge in [0, 0.05) is 12.3 Å². The highest BCUT2D eigenvalue weighted by Gasteiger charge is 2.07. The Balaban J connectivity index is 2.84. The molecule has 0 amide bonds. The van der Waals surface area contributed by atoms with Gasteiger partial charge >= 0.3 is 0 Å². The number of H-pyrrole nitrogens is 1. The van der Waals surface area contributed by atoms with Gasteiger partial charge in [0.2, 0.25) is 5.16 Å². The molecule has 0 bridgehead atoms. The van der Waals surface area contributed by atoms with Gasteiger partial charge in [0.05, 0.1) is 17.0 Å². The summed E-state index contributed by atoms with van der Waals surface area (Å²) in [5.74, 6) is -0.554. The van der Waals surface area contributed by atoms with Gasteiger partial charge in [-0.05, 0) is 0 Å². The van der Waals surface area contributed by atoms with Crippen LogP contribution in [-0.4, -0.2) is 25.1 Å². The predicted molar refractivity (Wildman–Crippen MR) is 48.1 cm³/mol. The summed E-state index contributed by atoms with van der Waals surface area (Å²) in [5.41, 5.74) is -0.411. The van der Waals surface area contributed by atoms with E-state index in [1.807, 2.05) is 0 Å². The van der Waals surface area contributed by atoms with Crippen LogP contribution in [0, 0.1) is 5.82 Å². The zero-order valence-corrected chi connectivity index (χ0v) is 7.97. The summed E-state index contributed by atoms with van der Waals surface area (Å²) in [5, 5.41) is 3.80. The van der Waals surface area contributed by atoms with Crippen molar-refractivity contribution in [3.63, 3.8) is 0 Å². The molecule has 74 valence electrons. The number of aromatic nitrogens is 3. The van der Waals surface area contributed by atoms with E-state index in [0.29, 0.717) is 0 Å². The predicted octanol–water partition coefficient (Wildman–Crippen LogP) is -0.101. The van der Waals surface area contributed by atoms with Gasteiger partial charge in [-0.15, -0.1) is 5.10 Å². The molecule has 0 fully saturated rings. The van der Waals surface area contributed by atoms with Crippen molar-refractivity contribution in [2.45, 2.75) is 5.16 Å². The molecule has 2 aromatic rings. The Kier molecular flexibility index (Phi) is 1.95. The second-order valence-corrected chi connectivity index (χ2v) is 4.00. The Bertz CT molecular complexity index is 574. The second-order valence-electron chi connectivity index (χ2n) is 2.70. The van der Waals surface area contributed by atoms with E-state index in [2.05, 4.69) is 10.1 Å². The van der Waals surface area contributed by atoms with E-state index >= 15 is 0 Å². The van der Waals surface area contributed by atoms with Gasteiger partial charge in [-0.3, -0.25) is 14.0 Å². The van der Waals surface area contributed by atoms with Crippen molar-refractivity contribution in [2.75, 3.05) is 6.26 Å². The van der Waals surface area contributed by atoms with Crippen LogP contribution in [0.1, 0.15) is 0 Å². The standard InChI is InChI=1S/C7H6FN3O2S/c1-14(13)7-9-6(12)5-2-4(8)3-11(5)10-7/h2-3H,1H3,(H,9,10,12). The van der Waals surface area contributed by atoms with Crippen molar-refractivity contribution in [1.82, 2.24) is 14.6 Å². The highest BCUT2D eigenvalue weighted by Crippen LogP contribution is 2.02. The number of fused-ring (bicyclic) bond motifs is 1. The molecule has 14 heavy (non-hydrogen) atoms. The molecule has 0 aliphatic heterocycles. The lowest BCUT2D eigenvalue weighted by molar-refractivity contribution is 0.622. The Morgan fingerprint density at radius 2 is 2.36 bits per heavy atom. The fourth-order valence-electron chi connectivity index (χ4n) is 1.09. The molecular formula is C7H6FN3O2S. The minimum Gasteiger partial charge on any atom is -0.296 e. The smallest absolute Gasteiger partial charge is 0.276 e. The van der Waals surface area contributed by atoms with Crippen molar-refractivity contribution in [1.29, 1.82) is 0 Å². The van der Waals surface area contributed by atoms with Crippen molar-refractivity contribution in [3.8, 4) is 0 Å². The van der Waals surface area contributed by atoms with Crippen molar-refractivity contribution < 1.29 is 8.60 Å². The van der Waals surface area contributed by atoms with E-state index in [9.17, 15) is 13.4 Å². The number of nitrogens with zero attached hydrogens (tertiary/aromatic N) is 2. The zero-order chi connectivity index (χ0) is 10.3. The molecule has 2 rings (SSSR count). The average Bonchev–Trinajstić information content (AvgIpc) is 2.45. The first kappa shape index (κ1) is 9.07. The van der Waals surface area contributed by atoms with Gasteiger partial charge in [-0.2, -0.15) is 0 Å². The van der Waals surface area contributed by atoms with Crippen LogP contribution in [0.3, 0.4) is 0 Å². The molecule has 1 unspecified atom stereocenters. The van der Waals surface area contributed by atoms with Gasteiger partial charge in [-0.1, -0.05) is 0 Å². The van der Waals surface area contributed by atoms with E-state index in [4.69, 9.17) is 0 Å². The van der Waals surface area contributed by atoms with Gasteiger partial charge in [-0.25, -0.2) is 8.91 Å². The van der Waals surface area contributed by atoms with Crippen molar-refractivity contribution in [2.24, 2.45) is 0 Å². The molecule has 2 aromatic heterocycles. The lowest BCUT2D eigenvalue weighted by Gasteiger charge is -1.96. The number of hydrogen-bond acceptors (Lipinski definition) is 3. The van der Waals surface area contributed by atoms with E-state index in [0.717, 1.165) is 16.8 Å². The van der Waals surface area contributed by atoms with Gasteiger partial charge in [0.1, 0.15) is 11.3 Å². The van der Waals surface area contributed by atoms with E-state index in [-0.39, 0.29) is 10.7 Å². The summed E-state index contributed by atoms with van der Waals surface area (Å²) in [6.07, 6.45) is 2.44. The molecule has 0 spiro atoms. The molecule has 0 radical (unpaired) electrons. The van der Waals surface area contributed by atoms with Crippen molar-refractivity contribution in [3.05, 3.63) is 28.4 Å². The fourth-order valence-corrected chi connectivity index (χ4v) is 1.53. The SMILES string of the molecule is CS(=O)c1nn2cc(F)cc2c(=O)[nH]1. The monoisotopic (exact) mass is 215 g/mol. The quantitative estimate of drug-likeness (QED) is 0.722. The summed E-state index contributed by atoms with van der Waals surface area (Å²) < 4.78 is 24.8. The minimum atomic E-state index is -1.40. The van der Waals surface area contributed by atoms with Gasteiger partial charge in [0.15, 0.2) is 0 Å². The summed E-state index contributed by atoms with van der Waals surface area (Å²) in [6.45, 7) is 0. The van der Waals surface area contributed by atoms with Crippen LogP contribution in [0.25, 0.3) is 5.52 Å². The third kappa shape index (κ3) is 1.35. The van der Waals surface area contributed by atoms with Crippen LogP contribution >= 0.6 is 0 Å².